The summed E-state index contributed by atoms with van der Waals surface area (Å²) in [5.74, 6) is -1.17. The van der Waals surface area contributed by atoms with Crippen molar-refractivity contribution in [1.29, 1.82) is 0 Å². The van der Waals surface area contributed by atoms with Gasteiger partial charge in [-0.25, -0.2) is 4.39 Å². The number of halogens is 1. The van der Waals surface area contributed by atoms with E-state index in [0.717, 1.165) is 16.8 Å². The van der Waals surface area contributed by atoms with Gasteiger partial charge >= 0.3 is 0 Å². The van der Waals surface area contributed by atoms with E-state index in [1.165, 1.54) is 29.2 Å². The van der Waals surface area contributed by atoms with Gasteiger partial charge in [-0.1, -0.05) is 24.3 Å². The molecule has 0 saturated heterocycles. The van der Waals surface area contributed by atoms with Crippen molar-refractivity contribution in [2.24, 2.45) is 0 Å². The van der Waals surface area contributed by atoms with E-state index < -0.39 is 5.82 Å². The number of carbonyl (C=O) groups is 2. The van der Waals surface area contributed by atoms with Crippen molar-refractivity contribution in [3.05, 3.63) is 70.7 Å². The van der Waals surface area contributed by atoms with Gasteiger partial charge in [-0.3, -0.25) is 14.5 Å². The molecular weight excluding hydrogens is 383 g/mol. The Morgan fingerprint density at radius 3 is 2.40 bits per heavy atom. The summed E-state index contributed by atoms with van der Waals surface area (Å²) in [5.41, 5.74) is 3.72. The van der Waals surface area contributed by atoms with E-state index in [1.807, 2.05) is 45.9 Å². The first-order chi connectivity index (χ1) is 14.3. The van der Waals surface area contributed by atoms with E-state index in [4.69, 9.17) is 4.74 Å². The molecule has 0 aromatic heterocycles. The number of aryl methyl sites for hydroxylation is 2. The number of rotatable bonds is 8. The highest BCUT2D eigenvalue weighted by Crippen LogP contribution is 2.31. The quantitative estimate of drug-likeness (QED) is 0.516. The van der Waals surface area contributed by atoms with Gasteiger partial charge in [-0.05, 0) is 69.0 Å². The Morgan fingerprint density at radius 1 is 1.03 bits per heavy atom. The first kappa shape index (κ1) is 21.7. The Hall–Kier alpha value is -2.99. The number of anilines is 1. The largest absolute Gasteiger partial charge is 0.379 e. The lowest BCUT2D eigenvalue weighted by Crippen LogP contribution is -2.34. The van der Waals surface area contributed by atoms with Gasteiger partial charge in [0.25, 0.3) is 11.8 Å². The highest BCUT2D eigenvalue weighted by Gasteiger charge is 2.39. The number of amides is 2. The molecule has 0 atom stereocenters. The Bertz CT molecular complexity index is 980. The third-order valence-corrected chi connectivity index (χ3v) is 4.93. The van der Waals surface area contributed by atoms with Crippen LogP contribution >= 0.6 is 0 Å². The van der Waals surface area contributed by atoms with Crippen LogP contribution in [0.25, 0.3) is 5.57 Å². The molecule has 0 aliphatic carbocycles. The lowest BCUT2D eigenvalue weighted by molar-refractivity contribution is -0.137. The van der Waals surface area contributed by atoms with Crippen LogP contribution in [0.3, 0.4) is 0 Å². The average Bonchev–Trinajstić information content (AvgIpc) is 2.92. The smallest absolute Gasteiger partial charge is 0.278 e. The van der Waals surface area contributed by atoms with Crippen LogP contribution in [0, 0.1) is 19.7 Å². The lowest BCUT2D eigenvalue weighted by Gasteiger charge is -2.16. The summed E-state index contributed by atoms with van der Waals surface area (Å²) >= 11 is 0. The molecule has 158 valence electrons. The van der Waals surface area contributed by atoms with Crippen LogP contribution < -0.4 is 5.32 Å². The van der Waals surface area contributed by atoms with Crippen LogP contribution in [0.1, 0.15) is 37.0 Å². The second-order valence-corrected chi connectivity index (χ2v) is 7.74. The van der Waals surface area contributed by atoms with Crippen molar-refractivity contribution < 1.29 is 18.7 Å². The normalized spacial score (nSPS) is 14.3. The second kappa shape index (κ2) is 9.22. The zero-order valence-corrected chi connectivity index (χ0v) is 17.8. The Labute approximate surface area is 176 Å². The van der Waals surface area contributed by atoms with Crippen LogP contribution in [0.15, 0.2) is 48.2 Å². The number of hydrogen-bond donors (Lipinski definition) is 1. The molecule has 1 aliphatic rings. The molecule has 2 amide bonds. The summed E-state index contributed by atoms with van der Waals surface area (Å²) in [7, 11) is 0. The molecule has 5 nitrogen and oxygen atoms in total. The molecule has 6 heteroatoms. The molecule has 1 N–H and O–H groups in total. The third-order valence-electron chi connectivity index (χ3n) is 4.93. The number of nitrogens with zero attached hydrogens (tertiary/aromatic N) is 1. The van der Waals surface area contributed by atoms with Crippen LogP contribution in [-0.4, -0.2) is 36.0 Å². The molecule has 30 heavy (non-hydrogen) atoms. The van der Waals surface area contributed by atoms with E-state index >= 15 is 0 Å². The van der Waals surface area contributed by atoms with E-state index in [0.29, 0.717) is 18.6 Å². The Balaban J connectivity index is 1.94. The maximum atomic E-state index is 13.4. The van der Waals surface area contributed by atoms with Crippen LogP contribution in [0.5, 0.6) is 0 Å². The van der Waals surface area contributed by atoms with Crippen molar-refractivity contribution in [3.8, 4) is 0 Å². The van der Waals surface area contributed by atoms with E-state index in [1.54, 1.807) is 0 Å². The molecule has 1 heterocycles. The van der Waals surface area contributed by atoms with Gasteiger partial charge < -0.3 is 10.1 Å². The number of hydrogen-bond acceptors (Lipinski definition) is 4. The van der Waals surface area contributed by atoms with E-state index in [2.05, 4.69) is 5.32 Å². The first-order valence-electron chi connectivity index (χ1n) is 10.1. The standard InChI is InChI=1S/C24H27FN2O3/c1-15(2)30-13-5-12-27-23(28)21(18-8-10-19(25)11-9-18)22(24(27)29)26-20-14-16(3)6-7-17(20)4/h6-11,14-15,26H,5,12-13H2,1-4H3. The fourth-order valence-corrected chi connectivity index (χ4v) is 3.33. The third kappa shape index (κ3) is 4.76. The fraction of sp³-hybridized carbons (Fsp3) is 0.333. The average molecular weight is 410 g/mol. The zero-order chi connectivity index (χ0) is 21.8. The maximum absolute atomic E-state index is 13.4. The van der Waals surface area contributed by atoms with Gasteiger partial charge in [-0.15, -0.1) is 0 Å². The predicted octanol–water partition coefficient (Wildman–Crippen LogP) is 4.45. The Kier molecular flexibility index (Phi) is 6.67. The van der Waals surface area contributed by atoms with Crippen molar-refractivity contribution in [3.63, 3.8) is 0 Å². The van der Waals surface area contributed by atoms with Gasteiger partial charge in [0.05, 0.1) is 11.7 Å². The monoisotopic (exact) mass is 410 g/mol. The van der Waals surface area contributed by atoms with E-state index in [-0.39, 0.29) is 35.7 Å². The van der Waals surface area contributed by atoms with Crippen LogP contribution in [-0.2, 0) is 14.3 Å². The summed E-state index contributed by atoms with van der Waals surface area (Å²) in [6.07, 6.45) is 0.632. The molecule has 2 aromatic carbocycles. The van der Waals surface area contributed by atoms with Crippen LogP contribution in [0.4, 0.5) is 10.1 Å². The van der Waals surface area contributed by atoms with Crippen LogP contribution in [0.2, 0.25) is 0 Å². The minimum Gasteiger partial charge on any atom is -0.379 e. The summed E-state index contributed by atoms with van der Waals surface area (Å²) in [5, 5.41) is 3.17. The first-order valence-corrected chi connectivity index (χ1v) is 10.1. The van der Waals surface area contributed by atoms with Crippen molar-refractivity contribution in [2.45, 2.75) is 40.2 Å². The molecule has 3 rings (SSSR count). The summed E-state index contributed by atoms with van der Waals surface area (Å²) < 4.78 is 19.0. The number of benzene rings is 2. The predicted molar refractivity (Wildman–Crippen MR) is 115 cm³/mol. The van der Waals surface area contributed by atoms with E-state index in [9.17, 15) is 14.0 Å². The SMILES string of the molecule is Cc1ccc(C)c(NC2=C(c3ccc(F)cc3)C(=O)N(CCCOC(C)C)C2=O)c1. The molecule has 0 spiro atoms. The van der Waals surface area contributed by atoms with Crippen molar-refractivity contribution >= 4 is 23.1 Å². The molecule has 0 unspecified atom stereocenters. The topological polar surface area (TPSA) is 58.6 Å². The molecule has 0 radical (unpaired) electrons. The van der Waals surface area contributed by atoms with Gasteiger partial charge in [0.15, 0.2) is 0 Å². The number of imide groups is 1. The minimum atomic E-state index is -0.400. The lowest BCUT2D eigenvalue weighted by atomic mass is 10.0. The van der Waals surface area contributed by atoms with Gasteiger partial charge in [0.1, 0.15) is 11.5 Å². The highest BCUT2D eigenvalue weighted by atomic mass is 19.1. The summed E-state index contributed by atoms with van der Waals surface area (Å²) in [4.78, 5) is 27.6. The highest BCUT2D eigenvalue weighted by molar-refractivity contribution is 6.36. The van der Waals surface area contributed by atoms with Gasteiger partial charge in [-0.2, -0.15) is 0 Å². The molecule has 0 bridgehead atoms. The van der Waals surface area contributed by atoms with Crippen molar-refractivity contribution in [2.75, 3.05) is 18.5 Å². The number of carbonyl (C=O) groups excluding carboxylic acids is 2. The minimum absolute atomic E-state index is 0.0874. The summed E-state index contributed by atoms with van der Waals surface area (Å²) in [6, 6.07) is 11.5. The second-order valence-electron chi connectivity index (χ2n) is 7.74. The molecule has 0 fully saturated rings. The maximum Gasteiger partial charge on any atom is 0.278 e. The molecule has 2 aromatic rings. The van der Waals surface area contributed by atoms with Gasteiger partial charge in [0, 0.05) is 18.8 Å². The molecular formula is C24H27FN2O3. The van der Waals surface area contributed by atoms with Gasteiger partial charge in [0.2, 0.25) is 0 Å². The molecule has 1 aliphatic heterocycles. The fourth-order valence-electron chi connectivity index (χ4n) is 3.33. The summed E-state index contributed by atoms with van der Waals surface area (Å²) in [6.45, 7) is 8.48. The number of ether oxygens (including phenoxy) is 1. The zero-order valence-electron chi connectivity index (χ0n) is 17.8. The molecule has 0 saturated carbocycles. The Morgan fingerprint density at radius 2 is 1.73 bits per heavy atom. The number of nitrogens with one attached hydrogen (secondary N) is 1. The van der Waals surface area contributed by atoms with Crippen molar-refractivity contribution in [1.82, 2.24) is 4.90 Å².